The van der Waals surface area contributed by atoms with E-state index in [1.54, 1.807) is 6.08 Å². The van der Waals surface area contributed by atoms with Crippen molar-refractivity contribution in [2.75, 3.05) is 13.2 Å². The Hall–Kier alpha value is -1.46. The molecule has 366 valence electrons. The molecule has 0 aromatic heterocycles. The fraction of sp³-hybridized carbons (Fsp3) is 0.896. The van der Waals surface area contributed by atoms with Gasteiger partial charge >= 0.3 is 10.4 Å². The predicted octanol–water partition coefficient (Wildman–Crippen LogP) is 8.72. The molecule has 1 fully saturated rings. The first-order valence-corrected chi connectivity index (χ1v) is 26.1. The molecule has 14 heteroatoms. The highest BCUT2D eigenvalue weighted by Crippen LogP contribution is 2.26. The van der Waals surface area contributed by atoms with Crippen molar-refractivity contribution in [3.8, 4) is 0 Å². The van der Waals surface area contributed by atoms with E-state index in [4.69, 9.17) is 9.47 Å². The van der Waals surface area contributed by atoms with Gasteiger partial charge in [0.1, 0.15) is 30.5 Å². The van der Waals surface area contributed by atoms with E-state index in [9.17, 15) is 43.6 Å². The first-order valence-electron chi connectivity index (χ1n) is 24.8. The third kappa shape index (κ3) is 30.6. The summed E-state index contributed by atoms with van der Waals surface area (Å²) in [5.74, 6) is -0.829. The number of hydrogen-bond acceptors (Lipinski definition) is 12. The molecule has 1 saturated heterocycles. The molecule has 1 rings (SSSR count). The van der Waals surface area contributed by atoms with Crippen molar-refractivity contribution < 1.29 is 57.3 Å². The number of allylic oxidation sites excluding steroid dienone is 3. The Labute approximate surface area is 376 Å². The number of nitrogens with zero attached hydrogens (tertiary/aromatic N) is 1. The van der Waals surface area contributed by atoms with Crippen LogP contribution in [0.25, 0.3) is 0 Å². The van der Waals surface area contributed by atoms with Crippen LogP contribution >= 0.6 is 0 Å². The molecule has 62 heavy (non-hydrogen) atoms. The molecular formula is C48H90NO12S-. The van der Waals surface area contributed by atoms with Gasteiger partial charge in [0.25, 0.3) is 0 Å². The van der Waals surface area contributed by atoms with Crippen LogP contribution in [0.4, 0.5) is 0 Å². The van der Waals surface area contributed by atoms with Crippen molar-refractivity contribution in [1.82, 2.24) is 0 Å². The lowest BCUT2D eigenvalue weighted by Gasteiger charge is -2.41. The van der Waals surface area contributed by atoms with Gasteiger partial charge < -0.3 is 40.1 Å². The molecule has 8 atom stereocenters. The van der Waals surface area contributed by atoms with E-state index >= 15 is 0 Å². The van der Waals surface area contributed by atoms with Crippen LogP contribution in [0.5, 0.6) is 0 Å². The lowest BCUT2D eigenvalue weighted by molar-refractivity contribution is -0.298. The summed E-state index contributed by atoms with van der Waals surface area (Å²) in [6, 6.07) is -1.24. The van der Waals surface area contributed by atoms with Gasteiger partial charge in [-0.1, -0.05) is 192 Å². The van der Waals surface area contributed by atoms with Crippen molar-refractivity contribution in [1.29, 1.82) is 0 Å². The van der Waals surface area contributed by atoms with E-state index in [0.717, 1.165) is 51.4 Å². The van der Waals surface area contributed by atoms with Crippen LogP contribution in [-0.2, 0) is 24.1 Å². The Morgan fingerprint density at radius 3 is 1.52 bits per heavy atom. The molecule has 0 bridgehead atoms. The van der Waals surface area contributed by atoms with Gasteiger partial charge in [-0.3, -0.25) is 9.55 Å². The molecule has 0 saturated carbocycles. The third-order valence-corrected chi connectivity index (χ3v) is 12.2. The van der Waals surface area contributed by atoms with Gasteiger partial charge in [0, 0.05) is 0 Å². The SMILES string of the molecule is CCCCCCCCCC/C=C\CCCCCCCCCCC(O)C([O-])=N[C@@H](CO[C@H]1O[C@@H](CO)[C@@H](O)[C@@H](OS(=O)(=O)O)[C@@H]1O)[C@H](O)/C=C/CCCCCCCCCCCCC. The first kappa shape index (κ1) is 58.6. The summed E-state index contributed by atoms with van der Waals surface area (Å²) in [4.78, 5) is 4.08. The van der Waals surface area contributed by atoms with Gasteiger partial charge in [-0.2, -0.15) is 8.42 Å². The van der Waals surface area contributed by atoms with E-state index in [0.29, 0.717) is 12.8 Å². The highest BCUT2D eigenvalue weighted by atomic mass is 32.3. The van der Waals surface area contributed by atoms with Gasteiger partial charge in [-0.25, -0.2) is 4.18 Å². The van der Waals surface area contributed by atoms with Crippen molar-refractivity contribution in [3.63, 3.8) is 0 Å². The molecule has 0 radical (unpaired) electrons. The van der Waals surface area contributed by atoms with Crippen LogP contribution < -0.4 is 5.11 Å². The smallest absolute Gasteiger partial charge is 0.397 e. The molecule has 0 aromatic rings. The second kappa shape index (κ2) is 38.8. The van der Waals surface area contributed by atoms with E-state index in [-0.39, 0.29) is 6.42 Å². The molecule has 1 unspecified atom stereocenters. The van der Waals surface area contributed by atoms with E-state index in [2.05, 4.69) is 35.2 Å². The summed E-state index contributed by atoms with van der Waals surface area (Å²) in [6.45, 7) is 3.15. The summed E-state index contributed by atoms with van der Waals surface area (Å²) in [5.41, 5.74) is 0. The molecule has 0 spiro atoms. The Balaban J connectivity index is 2.56. The minimum absolute atomic E-state index is 0.209. The summed E-state index contributed by atoms with van der Waals surface area (Å²) in [5, 5.41) is 65.6. The molecule has 1 heterocycles. The van der Waals surface area contributed by atoms with Gasteiger partial charge in [-0.15, -0.1) is 0 Å². The molecule has 6 N–H and O–H groups in total. The lowest BCUT2D eigenvalue weighted by Crippen LogP contribution is -2.60. The molecule has 1 aliphatic heterocycles. The van der Waals surface area contributed by atoms with Gasteiger partial charge in [0.2, 0.25) is 0 Å². The van der Waals surface area contributed by atoms with Gasteiger partial charge in [-0.05, 0) is 50.8 Å². The monoisotopic (exact) mass is 905 g/mol. The Morgan fingerprint density at radius 2 is 1.08 bits per heavy atom. The number of ether oxygens (including phenoxy) is 2. The molecule has 0 aromatic carbocycles. The van der Waals surface area contributed by atoms with Crippen LogP contribution in [0.2, 0.25) is 0 Å². The minimum atomic E-state index is -5.12. The summed E-state index contributed by atoms with van der Waals surface area (Å²) >= 11 is 0. The summed E-state index contributed by atoms with van der Waals surface area (Å²) in [7, 11) is -5.12. The normalized spacial score (nSPS) is 21.6. The predicted molar refractivity (Wildman–Crippen MR) is 246 cm³/mol. The number of hydrogen-bond donors (Lipinski definition) is 6. The zero-order valence-electron chi connectivity index (χ0n) is 38.8. The maximum atomic E-state index is 13.1. The van der Waals surface area contributed by atoms with E-state index in [1.807, 2.05) is 0 Å². The minimum Gasteiger partial charge on any atom is -0.860 e. The van der Waals surface area contributed by atoms with Gasteiger partial charge in [0.05, 0.1) is 25.4 Å². The quantitative estimate of drug-likeness (QED) is 0.0111. The number of aliphatic imine (C=N–C) groups is 1. The average molecular weight is 905 g/mol. The molecule has 13 nitrogen and oxygen atoms in total. The second-order valence-corrected chi connectivity index (χ2v) is 18.5. The highest BCUT2D eigenvalue weighted by Gasteiger charge is 2.48. The van der Waals surface area contributed by atoms with Crippen molar-refractivity contribution >= 4 is 16.3 Å². The van der Waals surface area contributed by atoms with Crippen LogP contribution in [0.1, 0.15) is 213 Å². The van der Waals surface area contributed by atoms with Crippen LogP contribution in [0.15, 0.2) is 29.3 Å². The molecule has 1 aliphatic rings. The van der Waals surface area contributed by atoms with E-state index in [1.165, 1.54) is 134 Å². The zero-order chi connectivity index (χ0) is 45.7. The topological polar surface area (TPSA) is 219 Å². The highest BCUT2D eigenvalue weighted by molar-refractivity contribution is 7.80. The molecular weight excluding hydrogens is 815 g/mol. The Bertz CT molecular complexity index is 1230. The summed E-state index contributed by atoms with van der Waals surface area (Å²) in [6.07, 6.45) is 32.2. The Morgan fingerprint density at radius 1 is 0.661 bits per heavy atom. The van der Waals surface area contributed by atoms with E-state index < -0.39 is 78.5 Å². The van der Waals surface area contributed by atoms with Crippen molar-refractivity contribution in [2.24, 2.45) is 4.99 Å². The van der Waals surface area contributed by atoms with Crippen LogP contribution in [0.3, 0.4) is 0 Å². The van der Waals surface area contributed by atoms with Crippen molar-refractivity contribution in [3.05, 3.63) is 24.3 Å². The van der Waals surface area contributed by atoms with Crippen molar-refractivity contribution in [2.45, 2.75) is 262 Å². The number of aliphatic hydroxyl groups excluding tert-OH is 5. The van der Waals surface area contributed by atoms with Crippen LogP contribution in [0, 0.1) is 0 Å². The maximum absolute atomic E-state index is 13.1. The third-order valence-electron chi connectivity index (χ3n) is 11.8. The standard InChI is InChI=1S/C48H91NO12S/c1-3-5-7-9-11-13-15-17-18-19-20-21-22-23-25-27-29-31-33-35-37-42(52)47(55)49-40(41(51)36-34-32-30-28-26-24-16-14-12-10-8-6-4-2)39-59-48-45(54)46(61-62(56,57)58)44(53)43(38-50)60-48/h19-20,34,36,40-46,48,50-54H,3-18,21-33,35,37-39H2,1-2H3,(H,49,55)(H,56,57,58)/p-1/b20-19-,36-34+/t40-,41+,42?,43-,44+,45-,46+,48-/m0/s1. The molecule has 0 aliphatic carbocycles. The summed E-state index contributed by atoms with van der Waals surface area (Å²) < 4.78 is 47.5. The van der Waals surface area contributed by atoms with Gasteiger partial charge in [0.15, 0.2) is 6.29 Å². The number of unbranched alkanes of at least 4 members (excludes halogenated alkanes) is 27. The Kier molecular flexibility index (Phi) is 36.6. The van der Waals surface area contributed by atoms with Crippen LogP contribution in [-0.4, -0.2) is 107 Å². The second-order valence-electron chi connectivity index (χ2n) is 17.5. The lowest BCUT2D eigenvalue weighted by atomic mass is 9.99. The first-order chi connectivity index (χ1) is 29.9. The molecule has 0 amide bonds. The number of aliphatic hydroxyl groups is 5. The maximum Gasteiger partial charge on any atom is 0.397 e. The number of rotatable bonds is 42. The largest absolute Gasteiger partial charge is 0.860 e. The fourth-order valence-corrected chi connectivity index (χ4v) is 8.31. The zero-order valence-corrected chi connectivity index (χ0v) is 39.6. The fourth-order valence-electron chi connectivity index (χ4n) is 7.81. The average Bonchev–Trinajstić information content (AvgIpc) is 3.24.